The van der Waals surface area contributed by atoms with E-state index in [0.29, 0.717) is 0 Å². The highest BCUT2D eigenvalue weighted by Crippen LogP contribution is 2.35. The van der Waals surface area contributed by atoms with Gasteiger partial charge in [-0.3, -0.25) is 4.90 Å². The summed E-state index contributed by atoms with van der Waals surface area (Å²) in [7, 11) is 0. The smallest absolute Gasteiger partial charge is 0.0214 e. The first kappa shape index (κ1) is 15.7. The summed E-state index contributed by atoms with van der Waals surface area (Å²) in [4.78, 5) is 2.80. The Morgan fingerprint density at radius 1 is 1.21 bits per heavy atom. The molecule has 2 aliphatic rings. The van der Waals surface area contributed by atoms with Gasteiger partial charge < -0.3 is 5.32 Å². The first-order valence-corrected chi connectivity index (χ1v) is 9.15. The topological polar surface area (TPSA) is 15.3 Å². The minimum Gasteiger partial charge on any atom is -0.312 e. The van der Waals surface area contributed by atoms with Crippen molar-refractivity contribution >= 4 is 11.8 Å². The maximum Gasteiger partial charge on any atom is 0.0214 e. The maximum absolute atomic E-state index is 3.68. The molecule has 0 aromatic carbocycles. The Bertz CT molecular complexity index is 274. The zero-order valence-corrected chi connectivity index (χ0v) is 14.1. The first-order chi connectivity index (χ1) is 8.99. The molecule has 2 rings (SSSR count). The van der Waals surface area contributed by atoms with Gasteiger partial charge in [0.1, 0.15) is 0 Å². The number of hydrogen-bond acceptors (Lipinski definition) is 3. The van der Waals surface area contributed by atoms with Gasteiger partial charge in [0.05, 0.1) is 0 Å². The van der Waals surface area contributed by atoms with Crippen molar-refractivity contribution in [2.24, 2.45) is 5.92 Å². The van der Waals surface area contributed by atoms with Crippen LogP contribution in [0.5, 0.6) is 0 Å². The zero-order chi connectivity index (χ0) is 13.9. The molecule has 1 aliphatic carbocycles. The minimum absolute atomic E-state index is 0.265. The molecule has 1 N–H and O–H groups in total. The number of likely N-dealkylation sites (tertiary alicyclic amines) is 1. The highest BCUT2D eigenvalue weighted by Gasteiger charge is 2.35. The van der Waals surface area contributed by atoms with E-state index in [9.17, 15) is 0 Å². The second-order valence-electron chi connectivity index (χ2n) is 7.27. The van der Waals surface area contributed by atoms with Crippen molar-refractivity contribution in [2.45, 2.75) is 70.2 Å². The molecule has 1 saturated heterocycles. The number of nitrogens with one attached hydrogen (secondary N) is 1. The predicted octanol–water partition coefficient (Wildman–Crippen LogP) is 3.37. The van der Waals surface area contributed by atoms with Gasteiger partial charge in [-0.05, 0) is 64.8 Å². The van der Waals surface area contributed by atoms with E-state index in [4.69, 9.17) is 0 Å². The molecule has 2 fully saturated rings. The molecule has 0 aromatic heterocycles. The number of nitrogens with zero attached hydrogens (tertiary/aromatic N) is 1. The van der Waals surface area contributed by atoms with Gasteiger partial charge in [0.15, 0.2) is 0 Å². The summed E-state index contributed by atoms with van der Waals surface area (Å²) in [5, 5.41) is 4.60. The molecule has 0 aromatic rings. The lowest BCUT2D eigenvalue weighted by Crippen LogP contribution is -2.41. The summed E-state index contributed by atoms with van der Waals surface area (Å²) in [6, 6.07) is 0.879. The molecule has 3 atom stereocenters. The van der Waals surface area contributed by atoms with Gasteiger partial charge in [-0.25, -0.2) is 0 Å². The molecule has 0 radical (unpaired) electrons. The van der Waals surface area contributed by atoms with Crippen molar-refractivity contribution in [1.29, 1.82) is 0 Å². The highest BCUT2D eigenvalue weighted by molar-refractivity contribution is 7.99. The summed E-state index contributed by atoms with van der Waals surface area (Å²) < 4.78 is 0. The monoisotopic (exact) mass is 284 g/mol. The van der Waals surface area contributed by atoms with Gasteiger partial charge in [0.25, 0.3) is 0 Å². The third kappa shape index (κ3) is 4.64. The normalized spacial score (nSPS) is 33.2. The van der Waals surface area contributed by atoms with Crippen molar-refractivity contribution in [3.8, 4) is 0 Å². The SMILES string of the molecule is CCSC1CCCC1N1CCC(CNC(C)(C)C)C1. The molecule has 0 amide bonds. The minimum atomic E-state index is 0.265. The Balaban J connectivity index is 1.78. The van der Waals surface area contributed by atoms with Crippen LogP contribution in [0.3, 0.4) is 0 Å². The molecule has 1 heterocycles. The second-order valence-corrected chi connectivity index (χ2v) is 8.79. The van der Waals surface area contributed by atoms with Gasteiger partial charge >= 0.3 is 0 Å². The van der Waals surface area contributed by atoms with E-state index in [1.54, 1.807) is 0 Å². The summed E-state index contributed by atoms with van der Waals surface area (Å²) in [6.45, 7) is 13.0. The standard InChI is InChI=1S/C16H32N2S/c1-5-19-15-8-6-7-14(15)18-10-9-13(12-18)11-17-16(2,3)4/h13-15,17H,5-12H2,1-4H3. The lowest BCUT2D eigenvalue weighted by Gasteiger charge is -2.29. The molecule has 0 spiro atoms. The van der Waals surface area contributed by atoms with E-state index in [1.165, 1.54) is 51.1 Å². The van der Waals surface area contributed by atoms with Crippen LogP contribution in [0.25, 0.3) is 0 Å². The van der Waals surface area contributed by atoms with Gasteiger partial charge in [-0.2, -0.15) is 11.8 Å². The third-order valence-corrected chi connectivity index (χ3v) is 5.82. The Kier molecular flexibility index (Phi) is 5.62. The average molecular weight is 285 g/mol. The number of rotatable bonds is 5. The van der Waals surface area contributed by atoms with Gasteiger partial charge in [0.2, 0.25) is 0 Å². The fraction of sp³-hybridized carbons (Fsp3) is 1.00. The molecular weight excluding hydrogens is 252 g/mol. The summed E-state index contributed by atoms with van der Waals surface area (Å²) in [6.07, 6.45) is 5.73. The lowest BCUT2D eigenvalue weighted by atomic mass is 10.1. The van der Waals surface area contributed by atoms with Crippen molar-refractivity contribution in [1.82, 2.24) is 10.2 Å². The van der Waals surface area contributed by atoms with E-state index in [0.717, 1.165) is 17.2 Å². The fourth-order valence-corrected chi connectivity index (χ4v) is 4.81. The van der Waals surface area contributed by atoms with E-state index in [2.05, 4.69) is 49.7 Å². The molecule has 3 unspecified atom stereocenters. The average Bonchev–Trinajstić information content (AvgIpc) is 2.93. The van der Waals surface area contributed by atoms with Crippen molar-refractivity contribution in [3.05, 3.63) is 0 Å². The molecule has 19 heavy (non-hydrogen) atoms. The zero-order valence-electron chi connectivity index (χ0n) is 13.2. The van der Waals surface area contributed by atoms with Gasteiger partial charge in [0, 0.05) is 23.4 Å². The van der Waals surface area contributed by atoms with Crippen LogP contribution in [0.1, 0.15) is 53.4 Å². The fourth-order valence-electron chi connectivity index (χ4n) is 3.51. The molecular formula is C16H32N2S. The van der Waals surface area contributed by atoms with Crippen LogP contribution in [0, 0.1) is 5.92 Å². The Morgan fingerprint density at radius 2 is 2.00 bits per heavy atom. The molecule has 2 nitrogen and oxygen atoms in total. The van der Waals surface area contributed by atoms with E-state index in [1.807, 2.05) is 0 Å². The molecule has 112 valence electrons. The van der Waals surface area contributed by atoms with Crippen LogP contribution in [-0.4, -0.2) is 47.1 Å². The first-order valence-electron chi connectivity index (χ1n) is 8.10. The molecule has 0 bridgehead atoms. The van der Waals surface area contributed by atoms with Crippen molar-refractivity contribution in [3.63, 3.8) is 0 Å². The number of thioether (sulfide) groups is 1. The lowest BCUT2D eigenvalue weighted by molar-refractivity contribution is 0.238. The van der Waals surface area contributed by atoms with E-state index < -0.39 is 0 Å². The van der Waals surface area contributed by atoms with Crippen molar-refractivity contribution in [2.75, 3.05) is 25.4 Å². The predicted molar refractivity (Wildman–Crippen MR) is 87.0 cm³/mol. The van der Waals surface area contributed by atoms with E-state index >= 15 is 0 Å². The van der Waals surface area contributed by atoms with Crippen LogP contribution in [0.2, 0.25) is 0 Å². The second kappa shape index (κ2) is 6.82. The van der Waals surface area contributed by atoms with E-state index in [-0.39, 0.29) is 5.54 Å². The highest BCUT2D eigenvalue weighted by atomic mass is 32.2. The van der Waals surface area contributed by atoms with Gasteiger partial charge in [-0.1, -0.05) is 13.3 Å². The molecule has 1 aliphatic heterocycles. The summed E-state index contributed by atoms with van der Waals surface area (Å²) in [5.74, 6) is 2.15. The Hall–Kier alpha value is 0.270. The summed E-state index contributed by atoms with van der Waals surface area (Å²) >= 11 is 2.20. The number of hydrogen-bond donors (Lipinski definition) is 1. The Labute approximate surface area is 124 Å². The Morgan fingerprint density at radius 3 is 2.68 bits per heavy atom. The molecule has 1 saturated carbocycles. The summed E-state index contributed by atoms with van der Waals surface area (Å²) in [5.41, 5.74) is 0.265. The van der Waals surface area contributed by atoms with Gasteiger partial charge in [-0.15, -0.1) is 0 Å². The quantitative estimate of drug-likeness (QED) is 0.833. The third-order valence-electron chi connectivity index (χ3n) is 4.51. The van der Waals surface area contributed by atoms with Crippen LogP contribution in [-0.2, 0) is 0 Å². The van der Waals surface area contributed by atoms with Crippen molar-refractivity contribution < 1.29 is 0 Å². The van der Waals surface area contributed by atoms with Crippen LogP contribution in [0.4, 0.5) is 0 Å². The largest absolute Gasteiger partial charge is 0.312 e. The van der Waals surface area contributed by atoms with Crippen LogP contribution < -0.4 is 5.32 Å². The van der Waals surface area contributed by atoms with Crippen LogP contribution >= 0.6 is 11.8 Å². The van der Waals surface area contributed by atoms with Crippen LogP contribution in [0.15, 0.2) is 0 Å². The maximum atomic E-state index is 3.68. The molecule has 3 heteroatoms.